The molecule has 0 spiro atoms. The average molecular weight is 425 g/mol. The van der Waals surface area contributed by atoms with E-state index < -0.39 is 6.09 Å². The number of H-pyrrole nitrogens is 1. The predicted octanol–water partition coefficient (Wildman–Crippen LogP) is 3.95. The number of anilines is 1. The van der Waals surface area contributed by atoms with Crippen LogP contribution in [0.4, 0.5) is 10.5 Å². The second kappa shape index (κ2) is 8.79. The number of carbonyl (C=O) groups excluding carboxylic acids is 1. The minimum atomic E-state index is -0.546. The van der Waals surface area contributed by atoms with Crippen LogP contribution in [0.3, 0.4) is 0 Å². The van der Waals surface area contributed by atoms with Crippen LogP contribution in [0.15, 0.2) is 23.0 Å². The summed E-state index contributed by atoms with van der Waals surface area (Å²) in [6, 6.07) is 5.10. The van der Waals surface area contributed by atoms with Crippen LogP contribution in [0.1, 0.15) is 50.6 Å². The minimum absolute atomic E-state index is 0.204. The van der Waals surface area contributed by atoms with Gasteiger partial charge >= 0.3 is 6.09 Å². The summed E-state index contributed by atoms with van der Waals surface area (Å²) in [4.78, 5) is 32.4. The summed E-state index contributed by atoms with van der Waals surface area (Å²) >= 11 is 0. The third kappa shape index (κ3) is 4.12. The second-order valence-electron chi connectivity index (χ2n) is 7.72. The molecular weight excluding hydrogens is 398 g/mol. The van der Waals surface area contributed by atoms with Crippen molar-refractivity contribution in [1.82, 2.24) is 19.7 Å². The van der Waals surface area contributed by atoms with E-state index >= 15 is 0 Å². The number of carbonyl (C=O) groups is 1. The molecule has 0 saturated heterocycles. The number of nitrogens with zero attached hydrogens (tertiary/aromatic N) is 3. The first kappa shape index (κ1) is 20.9. The fourth-order valence-electron chi connectivity index (χ4n) is 4.22. The van der Waals surface area contributed by atoms with Gasteiger partial charge in [-0.25, -0.2) is 14.5 Å². The van der Waals surface area contributed by atoms with Crippen LogP contribution in [0.25, 0.3) is 22.4 Å². The maximum Gasteiger partial charge on any atom is 0.411 e. The fraction of sp³-hybridized carbons (Fsp3) is 0.455. The molecular formula is C22H27N5O4. The second-order valence-corrected chi connectivity index (χ2v) is 7.72. The maximum absolute atomic E-state index is 13.1. The first-order chi connectivity index (χ1) is 15.0. The SMILES string of the molecule is CCOC(=O)Nc1ccc(-c2nc3c(c(C4CCCCC4)nn3C)c(=O)[nH]2)c(OC)c1. The van der Waals surface area contributed by atoms with Crippen molar-refractivity contribution in [2.75, 3.05) is 19.0 Å². The van der Waals surface area contributed by atoms with Crippen molar-refractivity contribution in [2.45, 2.75) is 44.9 Å². The van der Waals surface area contributed by atoms with Gasteiger partial charge in [-0.15, -0.1) is 0 Å². The van der Waals surface area contributed by atoms with Crippen molar-refractivity contribution in [3.8, 4) is 17.1 Å². The Morgan fingerprint density at radius 1 is 1.29 bits per heavy atom. The van der Waals surface area contributed by atoms with Gasteiger partial charge in [0.25, 0.3) is 5.56 Å². The molecule has 31 heavy (non-hydrogen) atoms. The largest absolute Gasteiger partial charge is 0.496 e. The fourth-order valence-corrected chi connectivity index (χ4v) is 4.22. The molecule has 0 bridgehead atoms. The van der Waals surface area contributed by atoms with Gasteiger partial charge in [0.15, 0.2) is 5.65 Å². The Hall–Kier alpha value is -3.36. The molecule has 0 unspecified atom stereocenters. The summed E-state index contributed by atoms with van der Waals surface area (Å²) in [7, 11) is 3.34. The molecule has 1 aliphatic rings. The summed E-state index contributed by atoms with van der Waals surface area (Å²) < 4.78 is 12.1. The van der Waals surface area contributed by atoms with Crippen molar-refractivity contribution < 1.29 is 14.3 Å². The van der Waals surface area contributed by atoms with Gasteiger partial charge in [0.05, 0.1) is 25.0 Å². The van der Waals surface area contributed by atoms with E-state index in [1.807, 2.05) is 7.05 Å². The molecule has 4 rings (SSSR count). The Kier molecular flexibility index (Phi) is 5.92. The number of benzene rings is 1. The first-order valence-electron chi connectivity index (χ1n) is 10.6. The monoisotopic (exact) mass is 425 g/mol. The molecule has 2 aromatic heterocycles. The van der Waals surface area contributed by atoms with Crippen LogP contribution < -0.4 is 15.6 Å². The van der Waals surface area contributed by atoms with Gasteiger partial charge in [-0.3, -0.25) is 10.1 Å². The van der Waals surface area contributed by atoms with Crippen LogP contribution in [0, 0.1) is 0 Å². The number of hydrogen-bond donors (Lipinski definition) is 2. The number of methoxy groups -OCH3 is 1. The lowest BCUT2D eigenvalue weighted by Crippen LogP contribution is -2.14. The van der Waals surface area contributed by atoms with E-state index in [0.717, 1.165) is 31.4 Å². The molecule has 1 saturated carbocycles. The van der Waals surface area contributed by atoms with Crippen molar-refractivity contribution in [1.29, 1.82) is 0 Å². The third-order valence-electron chi connectivity index (χ3n) is 5.69. The zero-order chi connectivity index (χ0) is 22.0. The maximum atomic E-state index is 13.1. The van der Waals surface area contributed by atoms with E-state index in [9.17, 15) is 9.59 Å². The van der Waals surface area contributed by atoms with Crippen molar-refractivity contribution in [3.63, 3.8) is 0 Å². The highest BCUT2D eigenvalue weighted by Crippen LogP contribution is 2.35. The zero-order valence-electron chi connectivity index (χ0n) is 18.0. The molecule has 0 radical (unpaired) electrons. The highest BCUT2D eigenvalue weighted by molar-refractivity contribution is 5.86. The predicted molar refractivity (Wildman–Crippen MR) is 118 cm³/mol. The summed E-state index contributed by atoms with van der Waals surface area (Å²) in [6.45, 7) is 2.01. The molecule has 2 N–H and O–H groups in total. The quantitative estimate of drug-likeness (QED) is 0.640. The van der Waals surface area contributed by atoms with Gasteiger partial charge in [-0.1, -0.05) is 19.3 Å². The van der Waals surface area contributed by atoms with E-state index in [-0.39, 0.29) is 12.2 Å². The van der Waals surface area contributed by atoms with Gasteiger partial charge in [0, 0.05) is 24.7 Å². The number of nitrogens with one attached hydrogen (secondary N) is 2. The van der Waals surface area contributed by atoms with Crippen LogP contribution in [0.2, 0.25) is 0 Å². The average Bonchev–Trinajstić information content (AvgIpc) is 3.11. The Balaban J connectivity index is 1.74. The van der Waals surface area contributed by atoms with Crippen LogP contribution in [-0.4, -0.2) is 39.6 Å². The summed E-state index contributed by atoms with van der Waals surface area (Å²) in [5, 5.41) is 7.86. The number of aryl methyl sites for hydroxylation is 1. The minimum Gasteiger partial charge on any atom is -0.496 e. The van der Waals surface area contributed by atoms with E-state index in [4.69, 9.17) is 14.5 Å². The molecule has 0 atom stereocenters. The zero-order valence-corrected chi connectivity index (χ0v) is 18.0. The molecule has 1 fully saturated rings. The van der Waals surface area contributed by atoms with Gasteiger partial charge in [0.2, 0.25) is 0 Å². The molecule has 0 aliphatic heterocycles. The Morgan fingerprint density at radius 3 is 2.77 bits per heavy atom. The first-order valence-corrected chi connectivity index (χ1v) is 10.6. The molecule has 9 heteroatoms. The molecule has 1 amide bonds. The molecule has 2 heterocycles. The van der Waals surface area contributed by atoms with Crippen LogP contribution in [-0.2, 0) is 11.8 Å². The number of hydrogen-bond acceptors (Lipinski definition) is 6. The van der Waals surface area contributed by atoms with Crippen molar-refractivity contribution >= 4 is 22.8 Å². The molecule has 164 valence electrons. The molecule has 1 aromatic carbocycles. The number of rotatable bonds is 5. The summed E-state index contributed by atoms with van der Waals surface area (Å²) in [6.07, 6.45) is 5.12. The lowest BCUT2D eigenvalue weighted by atomic mass is 9.86. The lowest BCUT2D eigenvalue weighted by molar-refractivity contribution is 0.168. The summed E-state index contributed by atoms with van der Waals surface area (Å²) in [5.74, 6) is 1.15. The van der Waals surface area contributed by atoms with Gasteiger partial charge < -0.3 is 14.5 Å². The standard InChI is InChI=1S/C22H27N5O4/c1-4-31-22(29)23-14-10-11-15(16(12-14)30-3)19-24-20-17(21(28)25-19)18(26-27(20)2)13-8-6-5-7-9-13/h10-13H,4-9H2,1-3H3,(H,23,29)(H,24,25,28). The van der Waals surface area contributed by atoms with Crippen molar-refractivity contribution in [2.24, 2.45) is 7.05 Å². The van der Waals surface area contributed by atoms with E-state index in [2.05, 4.69) is 15.4 Å². The number of aromatic amines is 1. The van der Waals surface area contributed by atoms with E-state index in [1.165, 1.54) is 13.5 Å². The van der Waals surface area contributed by atoms with Gasteiger partial charge in [-0.2, -0.15) is 5.10 Å². The Labute approximate surface area is 179 Å². The number of fused-ring (bicyclic) bond motifs is 1. The normalized spacial score (nSPS) is 14.5. The van der Waals surface area contributed by atoms with Gasteiger partial charge in [-0.05, 0) is 31.9 Å². The molecule has 9 nitrogen and oxygen atoms in total. The van der Waals surface area contributed by atoms with E-state index in [1.54, 1.807) is 29.8 Å². The van der Waals surface area contributed by atoms with Gasteiger partial charge in [0.1, 0.15) is 17.0 Å². The highest BCUT2D eigenvalue weighted by Gasteiger charge is 2.25. The smallest absolute Gasteiger partial charge is 0.411 e. The van der Waals surface area contributed by atoms with E-state index in [0.29, 0.717) is 39.8 Å². The summed E-state index contributed by atoms with van der Waals surface area (Å²) in [5.41, 5.74) is 2.32. The highest BCUT2D eigenvalue weighted by atomic mass is 16.5. The lowest BCUT2D eigenvalue weighted by Gasteiger charge is -2.19. The van der Waals surface area contributed by atoms with Crippen molar-refractivity contribution in [3.05, 3.63) is 34.2 Å². The van der Waals surface area contributed by atoms with Crippen LogP contribution in [0.5, 0.6) is 5.75 Å². The molecule has 3 aromatic rings. The third-order valence-corrected chi connectivity index (χ3v) is 5.69. The number of amides is 1. The Morgan fingerprint density at radius 2 is 2.06 bits per heavy atom. The topological polar surface area (TPSA) is 111 Å². The number of aromatic nitrogens is 4. The van der Waals surface area contributed by atoms with Crippen LogP contribution >= 0.6 is 0 Å². The Bertz CT molecular complexity index is 1160. The molecule has 1 aliphatic carbocycles. The number of ether oxygens (including phenoxy) is 2.